The number of carbonyl (C=O) groups is 1. The standard InChI is InChI=1S/C17H28N4O3/c1-5-8-21-14(10-15(22)19(4)17(21)24)20-9-6-7-13(11-20)16(23)18-12(2)3/h10,12-13H,5-9,11H2,1-4H3,(H,18,23). The second-order valence-electron chi connectivity index (χ2n) is 6.78. The molecule has 1 aliphatic rings. The van der Waals surface area contributed by atoms with Crippen molar-refractivity contribution in [1.29, 1.82) is 0 Å². The third-order valence-corrected chi connectivity index (χ3v) is 4.37. The molecule has 1 atom stereocenters. The maximum Gasteiger partial charge on any atom is 0.332 e. The minimum absolute atomic E-state index is 0.0444. The molecule has 0 aromatic carbocycles. The van der Waals surface area contributed by atoms with Crippen LogP contribution in [0, 0.1) is 5.92 Å². The minimum atomic E-state index is -0.309. The lowest BCUT2D eigenvalue weighted by atomic mass is 9.97. The fourth-order valence-corrected chi connectivity index (χ4v) is 3.16. The molecule has 1 aromatic heterocycles. The van der Waals surface area contributed by atoms with Gasteiger partial charge >= 0.3 is 5.69 Å². The fourth-order valence-electron chi connectivity index (χ4n) is 3.16. The first-order chi connectivity index (χ1) is 11.3. The van der Waals surface area contributed by atoms with Gasteiger partial charge in [0.25, 0.3) is 5.56 Å². The van der Waals surface area contributed by atoms with E-state index in [0.717, 1.165) is 30.4 Å². The molecule has 0 aliphatic carbocycles. The molecule has 2 rings (SSSR count). The SMILES string of the molecule is CCCn1c(N2CCCC(C(=O)NC(C)C)C2)cc(=O)n(C)c1=O. The van der Waals surface area contributed by atoms with Crippen molar-refractivity contribution in [2.24, 2.45) is 13.0 Å². The van der Waals surface area contributed by atoms with Crippen LogP contribution in [0.2, 0.25) is 0 Å². The largest absolute Gasteiger partial charge is 0.357 e. The number of anilines is 1. The van der Waals surface area contributed by atoms with Crippen molar-refractivity contribution >= 4 is 11.7 Å². The number of aromatic nitrogens is 2. The Morgan fingerprint density at radius 3 is 2.71 bits per heavy atom. The zero-order valence-electron chi connectivity index (χ0n) is 15.0. The molecule has 1 amide bonds. The smallest absolute Gasteiger partial charge is 0.332 e. The van der Waals surface area contributed by atoms with Crippen LogP contribution in [0.4, 0.5) is 5.82 Å². The van der Waals surface area contributed by atoms with Gasteiger partial charge in [-0.05, 0) is 33.1 Å². The fraction of sp³-hybridized carbons (Fsp3) is 0.706. The molecule has 0 radical (unpaired) electrons. The maximum absolute atomic E-state index is 12.4. The summed E-state index contributed by atoms with van der Waals surface area (Å²) < 4.78 is 2.77. The summed E-state index contributed by atoms with van der Waals surface area (Å²) in [6.07, 6.45) is 2.50. The Kier molecular flexibility index (Phi) is 5.85. The number of piperidine rings is 1. The van der Waals surface area contributed by atoms with Crippen molar-refractivity contribution in [1.82, 2.24) is 14.5 Å². The molecule has 134 valence electrons. The summed E-state index contributed by atoms with van der Waals surface area (Å²) in [5.74, 6) is 0.560. The molecule has 1 aliphatic heterocycles. The van der Waals surface area contributed by atoms with E-state index in [9.17, 15) is 14.4 Å². The van der Waals surface area contributed by atoms with Crippen molar-refractivity contribution in [3.05, 3.63) is 26.9 Å². The highest BCUT2D eigenvalue weighted by atomic mass is 16.2. The van der Waals surface area contributed by atoms with Crippen LogP contribution in [0.5, 0.6) is 0 Å². The van der Waals surface area contributed by atoms with Crippen molar-refractivity contribution in [2.75, 3.05) is 18.0 Å². The summed E-state index contributed by atoms with van der Waals surface area (Å²) in [5.41, 5.74) is -0.607. The molecule has 1 aromatic rings. The van der Waals surface area contributed by atoms with Crippen LogP contribution in [0.1, 0.15) is 40.0 Å². The van der Waals surface area contributed by atoms with E-state index < -0.39 is 0 Å². The molecule has 1 N–H and O–H groups in total. The molecular formula is C17H28N4O3. The number of amides is 1. The first kappa shape index (κ1) is 18.3. The van der Waals surface area contributed by atoms with E-state index in [0.29, 0.717) is 18.9 Å². The Morgan fingerprint density at radius 1 is 1.38 bits per heavy atom. The third kappa shape index (κ3) is 3.88. The molecule has 0 spiro atoms. The second-order valence-corrected chi connectivity index (χ2v) is 6.78. The summed E-state index contributed by atoms with van der Waals surface area (Å²) in [6, 6.07) is 1.62. The highest BCUT2D eigenvalue weighted by molar-refractivity contribution is 5.79. The van der Waals surface area contributed by atoms with Gasteiger partial charge in [0.2, 0.25) is 5.91 Å². The number of rotatable bonds is 5. The average molecular weight is 336 g/mol. The van der Waals surface area contributed by atoms with Crippen LogP contribution in [-0.2, 0) is 18.4 Å². The van der Waals surface area contributed by atoms with Gasteiger partial charge in [-0.3, -0.25) is 18.7 Å². The normalized spacial score (nSPS) is 18.0. The van der Waals surface area contributed by atoms with Gasteiger partial charge in [0.15, 0.2) is 0 Å². The van der Waals surface area contributed by atoms with Crippen LogP contribution in [0.3, 0.4) is 0 Å². The number of carbonyl (C=O) groups excluding carboxylic acids is 1. The van der Waals surface area contributed by atoms with Crippen molar-refractivity contribution in [3.8, 4) is 0 Å². The monoisotopic (exact) mass is 336 g/mol. The zero-order chi connectivity index (χ0) is 17.9. The first-order valence-electron chi connectivity index (χ1n) is 8.71. The first-order valence-corrected chi connectivity index (χ1v) is 8.71. The molecule has 24 heavy (non-hydrogen) atoms. The molecule has 1 unspecified atom stereocenters. The predicted molar refractivity (Wildman–Crippen MR) is 94.4 cm³/mol. The van der Waals surface area contributed by atoms with Crippen molar-refractivity contribution < 1.29 is 4.79 Å². The van der Waals surface area contributed by atoms with E-state index in [2.05, 4.69) is 5.32 Å². The van der Waals surface area contributed by atoms with Gasteiger partial charge in [-0.1, -0.05) is 6.92 Å². The molecule has 7 nitrogen and oxygen atoms in total. The Balaban J connectivity index is 2.32. The molecule has 0 bridgehead atoms. The van der Waals surface area contributed by atoms with Crippen LogP contribution < -0.4 is 21.5 Å². The van der Waals surface area contributed by atoms with Crippen LogP contribution >= 0.6 is 0 Å². The summed E-state index contributed by atoms with van der Waals surface area (Å²) in [6.45, 7) is 7.73. The molecular weight excluding hydrogens is 308 g/mol. The highest BCUT2D eigenvalue weighted by Crippen LogP contribution is 2.22. The summed E-state index contributed by atoms with van der Waals surface area (Å²) in [7, 11) is 1.50. The summed E-state index contributed by atoms with van der Waals surface area (Å²) >= 11 is 0. The number of nitrogens with one attached hydrogen (secondary N) is 1. The van der Waals surface area contributed by atoms with Gasteiger partial charge in [0.1, 0.15) is 5.82 Å². The lowest BCUT2D eigenvalue weighted by molar-refractivity contribution is -0.125. The van der Waals surface area contributed by atoms with Crippen LogP contribution in [0.15, 0.2) is 15.7 Å². The van der Waals surface area contributed by atoms with Crippen LogP contribution in [-0.4, -0.2) is 34.2 Å². The Morgan fingerprint density at radius 2 is 2.08 bits per heavy atom. The van der Waals surface area contributed by atoms with Crippen LogP contribution in [0.25, 0.3) is 0 Å². The maximum atomic E-state index is 12.4. The summed E-state index contributed by atoms with van der Waals surface area (Å²) in [5, 5.41) is 2.96. The van der Waals surface area contributed by atoms with Crippen molar-refractivity contribution in [3.63, 3.8) is 0 Å². The molecule has 1 saturated heterocycles. The molecule has 2 heterocycles. The molecule has 1 fully saturated rings. The number of nitrogens with zero attached hydrogens (tertiary/aromatic N) is 3. The quantitative estimate of drug-likeness (QED) is 0.859. The lowest BCUT2D eigenvalue weighted by Crippen LogP contribution is -2.48. The van der Waals surface area contributed by atoms with Gasteiger partial charge in [-0.2, -0.15) is 0 Å². The number of hydrogen-bond acceptors (Lipinski definition) is 4. The van der Waals surface area contributed by atoms with E-state index in [-0.39, 0.29) is 29.1 Å². The van der Waals surface area contributed by atoms with E-state index >= 15 is 0 Å². The van der Waals surface area contributed by atoms with Gasteiger partial charge in [-0.15, -0.1) is 0 Å². The predicted octanol–water partition coefficient (Wildman–Crippen LogP) is 0.698. The van der Waals surface area contributed by atoms with Crippen molar-refractivity contribution in [2.45, 2.75) is 52.6 Å². The minimum Gasteiger partial charge on any atom is -0.357 e. The van der Waals surface area contributed by atoms with E-state index in [4.69, 9.17) is 0 Å². The van der Waals surface area contributed by atoms with Gasteiger partial charge in [0.05, 0.1) is 5.92 Å². The Hall–Kier alpha value is -2.05. The molecule has 7 heteroatoms. The van der Waals surface area contributed by atoms with E-state index in [1.807, 2.05) is 25.7 Å². The topological polar surface area (TPSA) is 76.3 Å². The summed E-state index contributed by atoms with van der Waals surface area (Å²) in [4.78, 5) is 38.8. The molecule has 0 saturated carbocycles. The van der Waals surface area contributed by atoms with E-state index in [1.165, 1.54) is 13.1 Å². The lowest BCUT2D eigenvalue weighted by Gasteiger charge is -2.35. The average Bonchev–Trinajstić information content (AvgIpc) is 2.54. The van der Waals surface area contributed by atoms with Gasteiger partial charge < -0.3 is 10.2 Å². The third-order valence-electron chi connectivity index (χ3n) is 4.37. The second kappa shape index (κ2) is 7.68. The van der Waals surface area contributed by atoms with Gasteiger partial charge in [0, 0.05) is 38.8 Å². The number of hydrogen-bond donors (Lipinski definition) is 1. The zero-order valence-corrected chi connectivity index (χ0v) is 15.0. The Labute approximate surface area is 142 Å². The Bertz CT molecular complexity index is 705. The van der Waals surface area contributed by atoms with Gasteiger partial charge in [-0.25, -0.2) is 4.79 Å². The van der Waals surface area contributed by atoms with E-state index in [1.54, 1.807) is 4.57 Å². The highest BCUT2D eigenvalue weighted by Gasteiger charge is 2.28.